The summed E-state index contributed by atoms with van der Waals surface area (Å²) >= 11 is 0. The highest BCUT2D eigenvalue weighted by molar-refractivity contribution is 6.74. The molecule has 180 valence electrons. The summed E-state index contributed by atoms with van der Waals surface area (Å²) in [5, 5.41) is 0.294. The summed E-state index contributed by atoms with van der Waals surface area (Å²) in [5.74, 6) is -0.0401. The third kappa shape index (κ3) is 15.4. The SMILES string of the molecule is CCCCCCC(CCCCCCCCCCC(=O)OCC)O[Si](C)(C)C(C)(C)C. The summed E-state index contributed by atoms with van der Waals surface area (Å²) in [5.41, 5.74) is 0. The molecule has 0 aliphatic carbocycles. The van der Waals surface area contributed by atoms with Gasteiger partial charge in [0.05, 0.1) is 6.61 Å². The van der Waals surface area contributed by atoms with Gasteiger partial charge in [-0.15, -0.1) is 0 Å². The normalized spacial score (nSPS) is 13.4. The molecule has 30 heavy (non-hydrogen) atoms. The van der Waals surface area contributed by atoms with Gasteiger partial charge in [0.1, 0.15) is 0 Å². The van der Waals surface area contributed by atoms with Crippen LogP contribution in [0.25, 0.3) is 0 Å². The third-order valence-electron chi connectivity index (χ3n) is 6.61. The molecule has 0 rings (SSSR count). The van der Waals surface area contributed by atoms with E-state index in [2.05, 4.69) is 40.8 Å². The number of hydrogen-bond acceptors (Lipinski definition) is 3. The van der Waals surface area contributed by atoms with E-state index in [1.165, 1.54) is 77.0 Å². The first-order valence-corrected chi connectivity index (χ1v) is 15.9. The lowest BCUT2D eigenvalue weighted by Gasteiger charge is -2.39. The molecule has 4 heteroatoms. The van der Waals surface area contributed by atoms with Crippen molar-refractivity contribution < 1.29 is 14.0 Å². The summed E-state index contributed by atoms with van der Waals surface area (Å²) in [6.07, 6.45) is 18.8. The van der Waals surface area contributed by atoms with Crippen molar-refractivity contribution in [2.75, 3.05) is 6.61 Å². The first-order chi connectivity index (χ1) is 14.1. The molecule has 1 unspecified atom stereocenters. The van der Waals surface area contributed by atoms with Crippen molar-refractivity contribution >= 4 is 14.3 Å². The molecule has 0 aromatic carbocycles. The number of carbonyl (C=O) groups excluding carboxylic acids is 1. The molecular weight excluding hydrogens is 388 g/mol. The molecule has 0 aromatic rings. The zero-order valence-corrected chi connectivity index (χ0v) is 22.6. The van der Waals surface area contributed by atoms with Gasteiger partial charge in [-0.1, -0.05) is 98.3 Å². The van der Waals surface area contributed by atoms with Gasteiger partial charge in [0.25, 0.3) is 0 Å². The number of ether oxygens (including phenoxy) is 1. The highest BCUT2D eigenvalue weighted by Crippen LogP contribution is 2.38. The number of hydrogen-bond donors (Lipinski definition) is 0. The second-order valence-electron chi connectivity index (χ2n) is 10.5. The fourth-order valence-corrected chi connectivity index (χ4v) is 5.01. The maximum atomic E-state index is 11.3. The van der Waals surface area contributed by atoms with E-state index < -0.39 is 8.32 Å². The molecule has 0 radical (unpaired) electrons. The molecule has 3 nitrogen and oxygen atoms in total. The summed E-state index contributed by atoms with van der Waals surface area (Å²) < 4.78 is 11.8. The van der Waals surface area contributed by atoms with Crippen LogP contribution in [-0.4, -0.2) is 27.0 Å². The Morgan fingerprint density at radius 3 is 1.70 bits per heavy atom. The van der Waals surface area contributed by atoms with E-state index in [0.29, 0.717) is 24.2 Å². The van der Waals surface area contributed by atoms with Crippen LogP contribution in [0.5, 0.6) is 0 Å². The van der Waals surface area contributed by atoms with Gasteiger partial charge in [-0.2, -0.15) is 0 Å². The predicted molar refractivity (Wildman–Crippen MR) is 134 cm³/mol. The van der Waals surface area contributed by atoms with Gasteiger partial charge in [-0.05, 0) is 44.3 Å². The van der Waals surface area contributed by atoms with Crippen LogP contribution >= 0.6 is 0 Å². The molecule has 1 atom stereocenters. The summed E-state index contributed by atoms with van der Waals surface area (Å²) in [4.78, 5) is 11.3. The molecule has 0 heterocycles. The van der Waals surface area contributed by atoms with Crippen molar-refractivity contribution in [1.82, 2.24) is 0 Å². The fraction of sp³-hybridized carbons (Fsp3) is 0.962. The zero-order valence-electron chi connectivity index (χ0n) is 21.6. The van der Waals surface area contributed by atoms with Gasteiger partial charge in [-0.3, -0.25) is 4.79 Å². The number of esters is 1. The maximum Gasteiger partial charge on any atom is 0.305 e. The van der Waals surface area contributed by atoms with Gasteiger partial charge in [0.15, 0.2) is 8.32 Å². The van der Waals surface area contributed by atoms with Crippen LogP contribution in [0.2, 0.25) is 18.1 Å². The second-order valence-corrected chi connectivity index (χ2v) is 15.3. The van der Waals surface area contributed by atoms with E-state index in [1.54, 1.807) is 0 Å². The Morgan fingerprint density at radius 1 is 0.767 bits per heavy atom. The van der Waals surface area contributed by atoms with E-state index in [0.717, 1.165) is 12.8 Å². The Labute approximate surface area is 190 Å². The minimum absolute atomic E-state index is 0.0401. The predicted octanol–water partition coefficient (Wildman–Crippen LogP) is 8.81. The smallest absolute Gasteiger partial charge is 0.305 e. The van der Waals surface area contributed by atoms with E-state index in [4.69, 9.17) is 9.16 Å². The molecule has 0 saturated carbocycles. The Kier molecular flexibility index (Phi) is 17.0. The monoisotopic (exact) mass is 442 g/mol. The average molecular weight is 443 g/mol. The number of carbonyl (C=O) groups is 1. The summed E-state index contributed by atoms with van der Waals surface area (Å²) in [6, 6.07) is 0. The topological polar surface area (TPSA) is 35.5 Å². The minimum Gasteiger partial charge on any atom is -0.466 e. The lowest BCUT2D eigenvalue weighted by molar-refractivity contribution is -0.143. The van der Waals surface area contributed by atoms with Gasteiger partial charge < -0.3 is 9.16 Å². The fourth-order valence-electron chi connectivity index (χ4n) is 3.59. The van der Waals surface area contributed by atoms with Gasteiger partial charge in [0.2, 0.25) is 0 Å². The van der Waals surface area contributed by atoms with Gasteiger partial charge >= 0.3 is 5.97 Å². The second kappa shape index (κ2) is 17.2. The molecule has 0 aromatic heterocycles. The first-order valence-electron chi connectivity index (χ1n) is 13.0. The van der Waals surface area contributed by atoms with Crippen LogP contribution in [0.3, 0.4) is 0 Å². The standard InChI is InChI=1S/C26H54O3Si/c1-8-10-11-18-21-24(29-30(6,7)26(3,4)5)22-19-16-14-12-13-15-17-20-23-25(27)28-9-2/h24H,8-23H2,1-7H3. The third-order valence-corrected chi connectivity index (χ3v) is 11.1. The minimum atomic E-state index is -1.68. The lowest BCUT2D eigenvalue weighted by Crippen LogP contribution is -2.44. The molecule has 0 saturated heterocycles. The molecule has 0 fully saturated rings. The number of rotatable bonds is 19. The van der Waals surface area contributed by atoms with E-state index in [-0.39, 0.29) is 5.97 Å². The molecule has 0 amide bonds. The van der Waals surface area contributed by atoms with Crippen molar-refractivity contribution in [3.63, 3.8) is 0 Å². The van der Waals surface area contributed by atoms with Crippen LogP contribution in [0.4, 0.5) is 0 Å². The van der Waals surface area contributed by atoms with E-state index >= 15 is 0 Å². The van der Waals surface area contributed by atoms with Crippen LogP contribution in [0.15, 0.2) is 0 Å². The maximum absolute atomic E-state index is 11.3. The Hall–Kier alpha value is -0.353. The van der Waals surface area contributed by atoms with Gasteiger partial charge in [0, 0.05) is 12.5 Å². The van der Waals surface area contributed by atoms with E-state index in [1.807, 2.05) is 6.92 Å². The molecule has 0 aliphatic rings. The quantitative estimate of drug-likeness (QED) is 0.114. The molecule has 0 spiro atoms. The highest BCUT2D eigenvalue weighted by Gasteiger charge is 2.38. The largest absolute Gasteiger partial charge is 0.466 e. The Morgan fingerprint density at radius 2 is 1.23 bits per heavy atom. The first kappa shape index (κ1) is 29.6. The van der Waals surface area contributed by atoms with Crippen molar-refractivity contribution in [2.24, 2.45) is 0 Å². The average Bonchev–Trinajstić information content (AvgIpc) is 2.65. The van der Waals surface area contributed by atoms with Crippen molar-refractivity contribution in [1.29, 1.82) is 0 Å². The number of unbranched alkanes of at least 4 members (excludes halogenated alkanes) is 10. The summed E-state index contributed by atoms with van der Waals surface area (Å²) in [7, 11) is -1.68. The van der Waals surface area contributed by atoms with Crippen LogP contribution in [-0.2, 0) is 14.0 Å². The van der Waals surface area contributed by atoms with Crippen molar-refractivity contribution in [3.8, 4) is 0 Å². The van der Waals surface area contributed by atoms with Crippen molar-refractivity contribution in [3.05, 3.63) is 0 Å². The molecule has 0 aliphatic heterocycles. The Balaban J connectivity index is 3.99. The summed E-state index contributed by atoms with van der Waals surface area (Å²) in [6.45, 7) is 16.5. The van der Waals surface area contributed by atoms with Crippen LogP contribution in [0, 0.1) is 0 Å². The molecule has 0 bridgehead atoms. The molecular formula is C26H54O3Si. The highest BCUT2D eigenvalue weighted by atomic mass is 28.4. The van der Waals surface area contributed by atoms with Crippen LogP contribution < -0.4 is 0 Å². The molecule has 0 N–H and O–H groups in total. The lowest BCUT2D eigenvalue weighted by atomic mass is 10.0. The zero-order chi connectivity index (χ0) is 22.9. The van der Waals surface area contributed by atoms with E-state index in [9.17, 15) is 4.79 Å². The van der Waals surface area contributed by atoms with Crippen molar-refractivity contribution in [2.45, 2.75) is 155 Å². The Bertz CT molecular complexity index is 415. The van der Waals surface area contributed by atoms with Gasteiger partial charge in [-0.25, -0.2) is 0 Å². The van der Waals surface area contributed by atoms with Crippen LogP contribution in [0.1, 0.15) is 131 Å².